The molecule has 0 fully saturated rings. The van der Waals surface area contributed by atoms with E-state index in [1.54, 1.807) is 24.7 Å². The van der Waals surface area contributed by atoms with E-state index in [9.17, 15) is 18.0 Å². The fourth-order valence-corrected chi connectivity index (χ4v) is 3.51. The van der Waals surface area contributed by atoms with Crippen LogP contribution in [0.1, 0.15) is 40.5 Å². The monoisotopic (exact) mass is 398 g/mol. The summed E-state index contributed by atoms with van der Waals surface area (Å²) in [6.07, 6.45) is 3.41. The lowest BCUT2D eigenvalue weighted by Crippen LogP contribution is -2.17. The standard InChI is InChI=1S/C21H17F3N4O/c1-2-12-3-4-14(21(22,23)24)10-17(12)28-11-13(9-18(28)20(25)29)19-15-5-7-26-16(15)6-8-27-19/h3-5,7-11H,2,6H2,1H3,(H2,25,29). The summed E-state index contributed by atoms with van der Waals surface area (Å²) in [5, 5.41) is 0. The van der Waals surface area contributed by atoms with Gasteiger partial charge in [0.1, 0.15) is 5.69 Å². The molecule has 1 aromatic heterocycles. The van der Waals surface area contributed by atoms with Gasteiger partial charge in [-0.25, -0.2) is 0 Å². The van der Waals surface area contributed by atoms with Gasteiger partial charge in [-0.15, -0.1) is 0 Å². The average Bonchev–Trinajstić information content (AvgIpc) is 3.33. The molecule has 3 heterocycles. The van der Waals surface area contributed by atoms with Crippen molar-refractivity contribution in [2.45, 2.75) is 25.9 Å². The summed E-state index contributed by atoms with van der Waals surface area (Å²) in [5.74, 6) is -0.739. The number of carbonyl (C=O) groups is 1. The van der Waals surface area contributed by atoms with E-state index in [2.05, 4.69) is 9.98 Å². The summed E-state index contributed by atoms with van der Waals surface area (Å²) < 4.78 is 41.2. The molecule has 2 N–H and O–H groups in total. The molecule has 1 amide bonds. The number of hydrogen-bond donors (Lipinski definition) is 1. The predicted octanol–water partition coefficient (Wildman–Crippen LogP) is 4.31. The number of benzene rings is 1. The molecule has 0 spiro atoms. The van der Waals surface area contributed by atoms with Crippen LogP contribution in [0.15, 0.2) is 58.3 Å². The van der Waals surface area contributed by atoms with Crippen LogP contribution in [-0.4, -0.2) is 22.4 Å². The van der Waals surface area contributed by atoms with Gasteiger partial charge in [0.15, 0.2) is 0 Å². The average molecular weight is 398 g/mol. The first-order valence-corrected chi connectivity index (χ1v) is 9.03. The number of aromatic nitrogens is 1. The van der Waals surface area contributed by atoms with E-state index in [-0.39, 0.29) is 11.4 Å². The molecule has 0 atom stereocenters. The number of aryl methyl sites for hydroxylation is 1. The highest BCUT2D eigenvalue weighted by Gasteiger charge is 2.31. The van der Waals surface area contributed by atoms with Crippen molar-refractivity contribution in [2.75, 3.05) is 0 Å². The molecule has 5 nitrogen and oxygen atoms in total. The number of fused-ring (bicyclic) bond motifs is 1. The first kappa shape index (κ1) is 18.9. The van der Waals surface area contributed by atoms with E-state index in [0.29, 0.717) is 29.7 Å². The maximum Gasteiger partial charge on any atom is 0.416 e. The van der Waals surface area contributed by atoms with Crippen molar-refractivity contribution < 1.29 is 18.0 Å². The lowest BCUT2D eigenvalue weighted by atomic mass is 10.0. The number of alkyl halides is 3. The van der Waals surface area contributed by atoms with Crippen LogP contribution >= 0.6 is 0 Å². The summed E-state index contributed by atoms with van der Waals surface area (Å²) in [4.78, 5) is 20.8. The molecular formula is C21H17F3N4O. The fourth-order valence-electron chi connectivity index (χ4n) is 3.51. The molecule has 4 rings (SSSR count). The molecule has 8 heteroatoms. The van der Waals surface area contributed by atoms with Gasteiger partial charge in [0.05, 0.1) is 17.0 Å². The number of nitrogens with two attached hydrogens (primary N) is 1. The highest BCUT2D eigenvalue weighted by Crippen LogP contribution is 2.34. The van der Waals surface area contributed by atoms with Gasteiger partial charge in [-0.05, 0) is 36.3 Å². The second kappa shape index (κ2) is 6.88. The highest BCUT2D eigenvalue weighted by molar-refractivity contribution is 6.18. The molecule has 0 saturated carbocycles. The minimum absolute atomic E-state index is 0.0864. The number of primary amides is 1. The van der Waals surface area contributed by atoms with Gasteiger partial charge in [0, 0.05) is 41.9 Å². The minimum atomic E-state index is -4.50. The summed E-state index contributed by atoms with van der Waals surface area (Å²) in [6, 6.07) is 5.06. The van der Waals surface area contributed by atoms with Crippen LogP contribution in [-0.2, 0) is 12.6 Å². The van der Waals surface area contributed by atoms with Crippen LogP contribution in [0.4, 0.5) is 13.2 Å². The molecule has 2 aliphatic heterocycles. The van der Waals surface area contributed by atoms with E-state index in [1.807, 2.05) is 13.0 Å². The number of allylic oxidation sites excluding steroid dienone is 2. The van der Waals surface area contributed by atoms with Crippen molar-refractivity contribution in [1.29, 1.82) is 0 Å². The number of amides is 1. The zero-order valence-electron chi connectivity index (χ0n) is 15.5. The molecule has 0 bridgehead atoms. The van der Waals surface area contributed by atoms with Gasteiger partial charge in [-0.3, -0.25) is 14.8 Å². The quantitative estimate of drug-likeness (QED) is 0.819. The Hall–Kier alpha value is -3.42. The Balaban J connectivity index is 1.92. The summed E-state index contributed by atoms with van der Waals surface area (Å²) in [7, 11) is 0. The van der Waals surface area contributed by atoms with Crippen molar-refractivity contribution >= 4 is 23.5 Å². The summed E-state index contributed by atoms with van der Waals surface area (Å²) in [6.45, 7) is 1.84. The van der Waals surface area contributed by atoms with Crippen molar-refractivity contribution in [3.8, 4) is 5.69 Å². The Morgan fingerprint density at radius 2 is 2.07 bits per heavy atom. The molecule has 2 aliphatic rings. The maximum atomic E-state index is 13.3. The topological polar surface area (TPSA) is 72.7 Å². The summed E-state index contributed by atoms with van der Waals surface area (Å²) in [5.41, 5.74) is 8.65. The van der Waals surface area contributed by atoms with E-state index >= 15 is 0 Å². The van der Waals surface area contributed by atoms with Crippen molar-refractivity contribution in [2.24, 2.45) is 15.7 Å². The van der Waals surface area contributed by atoms with Gasteiger partial charge in [0.2, 0.25) is 0 Å². The highest BCUT2D eigenvalue weighted by atomic mass is 19.4. The number of aliphatic imine (C=N–C) groups is 2. The van der Waals surface area contributed by atoms with Crippen LogP contribution in [0.2, 0.25) is 0 Å². The molecule has 148 valence electrons. The molecule has 0 unspecified atom stereocenters. The van der Waals surface area contributed by atoms with E-state index in [4.69, 9.17) is 5.73 Å². The molecule has 1 aromatic carbocycles. The number of halogens is 3. The van der Waals surface area contributed by atoms with Gasteiger partial charge >= 0.3 is 6.18 Å². The third-order valence-electron chi connectivity index (χ3n) is 4.94. The van der Waals surface area contributed by atoms with Gasteiger partial charge in [0.25, 0.3) is 5.91 Å². The largest absolute Gasteiger partial charge is 0.416 e. The second-order valence-corrected chi connectivity index (χ2v) is 6.71. The zero-order valence-corrected chi connectivity index (χ0v) is 15.5. The second-order valence-electron chi connectivity index (χ2n) is 6.71. The normalized spacial score (nSPS) is 15.7. The Labute approximate surface area is 164 Å². The van der Waals surface area contributed by atoms with Gasteiger partial charge in [-0.2, -0.15) is 13.2 Å². The third-order valence-corrected chi connectivity index (χ3v) is 4.94. The van der Waals surface area contributed by atoms with Crippen LogP contribution in [0.5, 0.6) is 0 Å². The first-order chi connectivity index (χ1) is 13.8. The smallest absolute Gasteiger partial charge is 0.364 e. The third kappa shape index (κ3) is 3.30. The number of carbonyl (C=O) groups excluding carboxylic acids is 1. The Morgan fingerprint density at radius 3 is 2.76 bits per heavy atom. The SMILES string of the molecule is CCc1ccc(C(F)(F)F)cc1-n1cc(C2=C3C=CN=C3CC=N2)cc1C(N)=O. The van der Waals surface area contributed by atoms with Crippen molar-refractivity contribution in [3.05, 3.63) is 70.7 Å². The van der Waals surface area contributed by atoms with Crippen LogP contribution < -0.4 is 5.73 Å². The van der Waals surface area contributed by atoms with Crippen LogP contribution in [0.25, 0.3) is 11.4 Å². The fraction of sp³-hybridized carbons (Fsp3) is 0.190. The molecule has 0 saturated heterocycles. The number of nitrogens with zero attached hydrogens (tertiary/aromatic N) is 3. The lowest BCUT2D eigenvalue weighted by Gasteiger charge is -2.15. The van der Waals surface area contributed by atoms with E-state index in [0.717, 1.165) is 23.4 Å². The Kier molecular flexibility index (Phi) is 4.49. The zero-order chi connectivity index (χ0) is 20.8. The van der Waals surface area contributed by atoms with Gasteiger partial charge in [-0.1, -0.05) is 13.0 Å². The Bertz CT molecular complexity index is 1130. The van der Waals surface area contributed by atoms with Crippen molar-refractivity contribution in [1.82, 2.24) is 4.57 Å². The first-order valence-electron chi connectivity index (χ1n) is 9.03. The molecule has 0 aliphatic carbocycles. The van der Waals surface area contributed by atoms with Crippen molar-refractivity contribution in [3.63, 3.8) is 0 Å². The number of rotatable bonds is 4. The number of hydrogen-bond acceptors (Lipinski definition) is 3. The molecule has 0 radical (unpaired) electrons. The Morgan fingerprint density at radius 1 is 1.28 bits per heavy atom. The molecule has 29 heavy (non-hydrogen) atoms. The maximum absolute atomic E-state index is 13.3. The van der Waals surface area contributed by atoms with Crippen LogP contribution in [0.3, 0.4) is 0 Å². The molecular weight excluding hydrogens is 381 g/mol. The minimum Gasteiger partial charge on any atom is -0.364 e. The lowest BCUT2D eigenvalue weighted by molar-refractivity contribution is -0.137. The van der Waals surface area contributed by atoms with E-state index < -0.39 is 17.6 Å². The summed E-state index contributed by atoms with van der Waals surface area (Å²) >= 11 is 0. The van der Waals surface area contributed by atoms with Gasteiger partial charge < -0.3 is 10.3 Å². The predicted molar refractivity (Wildman–Crippen MR) is 105 cm³/mol. The van der Waals surface area contributed by atoms with Crippen LogP contribution in [0, 0.1) is 0 Å². The van der Waals surface area contributed by atoms with E-state index in [1.165, 1.54) is 10.6 Å². The molecule has 2 aromatic rings.